The van der Waals surface area contributed by atoms with E-state index in [0.717, 1.165) is 38.7 Å². The summed E-state index contributed by atoms with van der Waals surface area (Å²) in [4.78, 5) is 11.6. The average molecular weight is 381 g/mol. The summed E-state index contributed by atoms with van der Waals surface area (Å²) in [6.07, 6.45) is 25.7. The van der Waals surface area contributed by atoms with E-state index in [1.807, 2.05) is 0 Å². The standard InChI is InChI=1S/C24H44O3/c1-2-3-4-5-6-7-8-9-10-11-12-13-14-15-16-20-24(25)26-21-18-17-19-23-22-27-23/h9-10,23H,2-8,11-22H2,1H3. The van der Waals surface area contributed by atoms with Crippen molar-refractivity contribution in [2.24, 2.45) is 0 Å². The summed E-state index contributed by atoms with van der Waals surface area (Å²) in [6, 6.07) is 0. The summed E-state index contributed by atoms with van der Waals surface area (Å²) in [5, 5.41) is 0. The van der Waals surface area contributed by atoms with Gasteiger partial charge in [-0.1, -0.05) is 70.4 Å². The van der Waals surface area contributed by atoms with Crippen molar-refractivity contribution in [3.05, 3.63) is 12.2 Å². The van der Waals surface area contributed by atoms with Gasteiger partial charge in [0.1, 0.15) is 0 Å². The summed E-state index contributed by atoms with van der Waals surface area (Å²) < 4.78 is 10.4. The third-order valence-corrected chi connectivity index (χ3v) is 5.23. The number of esters is 1. The topological polar surface area (TPSA) is 38.8 Å². The summed E-state index contributed by atoms with van der Waals surface area (Å²) in [5.41, 5.74) is 0. The molecule has 0 radical (unpaired) electrons. The first-order valence-corrected chi connectivity index (χ1v) is 11.7. The van der Waals surface area contributed by atoms with Crippen LogP contribution in [0.15, 0.2) is 12.2 Å². The lowest BCUT2D eigenvalue weighted by molar-refractivity contribution is -0.143. The highest BCUT2D eigenvalue weighted by Gasteiger charge is 2.21. The van der Waals surface area contributed by atoms with E-state index in [1.54, 1.807) is 0 Å². The molecule has 1 saturated heterocycles. The lowest BCUT2D eigenvalue weighted by atomic mass is 10.1. The van der Waals surface area contributed by atoms with Crippen LogP contribution in [0.4, 0.5) is 0 Å². The normalized spacial score (nSPS) is 16.1. The predicted octanol–water partition coefficient (Wildman–Crippen LogP) is 7.14. The van der Waals surface area contributed by atoms with E-state index in [9.17, 15) is 4.79 Å². The van der Waals surface area contributed by atoms with E-state index >= 15 is 0 Å². The van der Waals surface area contributed by atoms with Gasteiger partial charge in [0.15, 0.2) is 0 Å². The molecule has 1 aliphatic heterocycles. The maximum atomic E-state index is 11.6. The number of epoxide rings is 1. The number of rotatable bonds is 20. The Morgan fingerprint density at radius 1 is 0.852 bits per heavy atom. The molecule has 0 spiro atoms. The molecule has 0 aromatic heterocycles. The highest BCUT2D eigenvalue weighted by molar-refractivity contribution is 5.69. The first-order valence-electron chi connectivity index (χ1n) is 11.7. The molecule has 27 heavy (non-hydrogen) atoms. The quantitative estimate of drug-likeness (QED) is 0.0975. The zero-order valence-electron chi connectivity index (χ0n) is 17.9. The monoisotopic (exact) mass is 380 g/mol. The number of allylic oxidation sites excluding steroid dienone is 2. The third-order valence-electron chi connectivity index (χ3n) is 5.23. The average Bonchev–Trinajstić information content (AvgIpc) is 3.49. The van der Waals surface area contributed by atoms with Crippen LogP contribution < -0.4 is 0 Å². The van der Waals surface area contributed by atoms with Crippen molar-refractivity contribution in [2.45, 2.75) is 122 Å². The van der Waals surface area contributed by atoms with Gasteiger partial charge in [-0.25, -0.2) is 0 Å². The fraction of sp³-hybridized carbons (Fsp3) is 0.875. The fourth-order valence-electron chi connectivity index (χ4n) is 3.31. The van der Waals surface area contributed by atoms with Crippen LogP contribution in [0.3, 0.4) is 0 Å². The lowest BCUT2D eigenvalue weighted by Gasteiger charge is -2.04. The number of unbranched alkanes of at least 4 members (excludes halogenated alkanes) is 12. The van der Waals surface area contributed by atoms with Crippen LogP contribution in [0.1, 0.15) is 116 Å². The third kappa shape index (κ3) is 18.3. The fourth-order valence-corrected chi connectivity index (χ4v) is 3.31. The number of carbonyl (C=O) groups excluding carboxylic acids is 1. The molecular weight excluding hydrogens is 336 g/mol. The van der Waals surface area contributed by atoms with E-state index in [2.05, 4.69) is 19.1 Å². The van der Waals surface area contributed by atoms with Crippen molar-refractivity contribution in [1.29, 1.82) is 0 Å². The number of hydrogen-bond acceptors (Lipinski definition) is 3. The molecule has 3 heteroatoms. The highest BCUT2D eigenvalue weighted by Crippen LogP contribution is 2.16. The van der Waals surface area contributed by atoms with E-state index in [1.165, 1.54) is 70.6 Å². The van der Waals surface area contributed by atoms with Crippen molar-refractivity contribution in [1.82, 2.24) is 0 Å². The van der Waals surface area contributed by atoms with Crippen molar-refractivity contribution in [2.75, 3.05) is 13.2 Å². The Bertz CT molecular complexity index is 361. The molecule has 3 nitrogen and oxygen atoms in total. The maximum Gasteiger partial charge on any atom is 0.305 e. The molecule has 1 atom stereocenters. The van der Waals surface area contributed by atoms with Gasteiger partial charge in [0.2, 0.25) is 0 Å². The van der Waals surface area contributed by atoms with Crippen LogP contribution in [-0.2, 0) is 14.3 Å². The van der Waals surface area contributed by atoms with E-state index < -0.39 is 0 Å². The maximum absolute atomic E-state index is 11.6. The second-order valence-corrected chi connectivity index (χ2v) is 8.01. The van der Waals surface area contributed by atoms with Crippen LogP contribution in [-0.4, -0.2) is 25.3 Å². The molecular formula is C24H44O3. The zero-order valence-corrected chi connectivity index (χ0v) is 17.9. The van der Waals surface area contributed by atoms with Gasteiger partial charge in [-0.15, -0.1) is 0 Å². The largest absolute Gasteiger partial charge is 0.466 e. The Balaban J connectivity index is 1.71. The van der Waals surface area contributed by atoms with Gasteiger partial charge in [-0.05, 0) is 51.4 Å². The molecule has 1 heterocycles. The second kappa shape index (κ2) is 18.5. The Kier molecular flexibility index (Phi) is 16.6. The van der Waals surface area contributed by atoms with Crippen molar-refractivity contribution >= 4 is 5.97 Å². The zero-order chi connectivity index (χ0) is 19.4. The van der Waals surface area contributed by atoms with E-state index in [0.29, 0.717) is 19.1 Å². The Labute approximate surface area is 168 Å². The number of carbonyl (C=O) groups is 1. The van der Waals surface area contributed by atoms with E-state index in [-0.39, 0.29) is 5.97 Å². The summed E-state index contributed by atoms with van der Waals surface area (Å²) in [6.45, 7) is 3.78. The summed E-state index contributed by atoms with van der Waals surface area (Å²) in [5.74, 6) is -0.0182. The van der Waals surface area contributed by atoms with Gasteiger partial charge < -0.3 is 9.47 Å². The van der Waals surface area contributed by atoms with Crippen molar-refractivity contribution in [3.8, 4) is 0 Å². The second-order valence-electron chi connectivity index (χ2n) is 8.01. The molecule has 0 aromatic rings. The minimum atomic E-state index is -0.0182. The smallest absolute Gasteiger partial charge is 0.305 e. The number of ether oxygens (including phenoxy) is 2. The van der Waals surface area contributed by atoms with Crippen LogP contribution in [0.2, 0.25) is 0 Å². The first kappa shape index (κ1) is 24.2. The minimum Gasteiger partial charge on any atom is -0.466 e. The van der Waals surface area contributed by atoms with Crippen molar-refractivity contribution < 1.29 is 14.3 Å². The predicted molar refractivity (Wildman–Crippen MR) is 114 cm³/mol. The minimum absolute atomic E-state index is 0.0182. The van der Waals surface area contributed by atoms with Crippen molar-refractivity contribution in [3.63, 3.8) is 0 Å². The van der Waals surface area contributed by atoms with Crippen LogP contribution >= 0.6 is 0 Å². The SMILES string of the molecule is CCCCCCCCC=CCCCCCCCC(=O)OCCCCC1CO1. The van der Waals surface area contributed by atoms with Crippen LogP contribution in [0, 0.1) is 0 Å². The number of hydrogen-bond donors (Lipinski definition) is 0. The first-order chi connectivity index (χ1) is 13.3. The van der Waals surface area contributed by atoms with Crippen LogP contribution in [0.25, 0.3) is 0 Å². The van der Waals surface area contributed by atoms with Crippen LogP contribution in [0.5, 0.6) is 0 Å². The highest BCUT2D eigenvalue weighted by atomic mass is 16.6. The van der Waals surface area contributed by atoms with E-state index in [4.69, 9.17) is 9.47 Å². The Hall–Kier alpha value is -0.830. The molecule has 1 fully saturated rings. The van der Waals surface area contributed by atoms with Gasteiger partial charge in [0, 0.05) is 6.42 Å². The molecule has 0 aromatic carbocycles. The molecule has 1 rings (SSSR count). The van der Waals surface area contributed by atoms with Gasteiger partial charge in [-0.3, -0.25) is 4.79 Å². The van der Waals surface area contributed by atoms with Gasteiger partial charge >= 0.3 is 5.97 Å². The molecule has 0 N–H and O–H groups in total. The van der Waals surface area contributed by atoms with Gasteiger partial charge in [0.05, 0.1) is 19.3 Å². The molecule has 1 aliphatic rings. The molecule has 0 amide bonds. The molecule has 0 saturated carbocycles. The molecule has 0 aliphatic carbocycles. The Morgan fingerprint density at radius 3 is 2.07 bits per heavy atom. The summed E-state index contributed by atoms with van der Waals surface area (Å²) >= 11 is 0. The lowest BCUT2D eigenvalue weighted by Crippen LogP contribution is -2.05. The molecule has 1 unspecified atom stereocenters. The summed E-state index contributed by atoms with van der Waals surface area (Å²) in [7, 11) is 0. The van der Waals surface area contributed by atoms with Gasteiger partial charge in [0.25, 0.3) is 0 Å². The molecule has 0 bridgehead atoms. The Morgan fingerprint density at radius 2 is 1.44 bits per heavy atom. The van der Waals surface area contributed by atoms with Gasteiger partial charge in [-0.2, -0.15) is 0 Å². The molecule has 158 valence electrons.